The lowest BCUT2D eigenvalue weighted by molar-refractivity contribution is 0.103. The molecule has 5 heteroatoms. The number of nitrogens with zero attached hydrogens (tertiary/aromatic N) is 2. The number of hydrogen-bond acceptors (Lipinski definition) is 4. The number of nitrogen functional groups attached to an aromatic ring is 1. The normalized spacial score (nSPS) is 10.7. The molecule has 116 valence electrons. The van der Waals surface area contributed by atoms with Gasteiger partial charge in [0.05, 0.1) is 0 Å². The number of rotatable bonds is 5. The Balaban J connectivity index is 2.00. The molecule has 0 saturated heterocycles. The molecule has 0 unspecified atom stereocenters. The van der Waals surface area contributed by atoms with Crippen molar-refractivity contribution in [1.82, 2.24) is 9.55 Å². The molecule has 0 aliphatic heterocycles. The van der Waals surface area contributed by atoms with E-state index in [-0.39, 0.29) is 11.6 Å². The SMILES string of the molecule is NCCc1ccc(-n2cnc(N)c2C(=O)c2ccccc2)cc1. The van der Waals surface area contributed by atoms with Crippen molar-refractivity contribution in [2.24, 2.45) is 5.73 Å². The number of benzene rings is 2. The van der Waals surface area contributed by atoms with Crippen LogP contribution in [0.2, 0.25) is 0 Å². The molecule has 5 nitrogen and oxygen atoms in total. The van der Waals surface area contributed by atoms with Gasteiger partial charge in [0.2, 0.25) is 5.78 Å². The zero-order valence-electron chi connectivity index (χ0n) is 12.6. The molecule has 0 atom stereocenters. The maximum atomic E-state index is 12.7. The Hall–Kier alpha value is -2.92. The molecule has 0 radical (unpaired) electrons. The van der Waals surface area contributed by atoms with E-state index in [9.17, 15) is 4.79 Å². The molecular formula is C18H18N4O. The monoisotopic (exact) mass is 306 g/mol. The Kier molecular flexibility index (Phi) is 4.21. The second-order valence-corrected chi connectivity index (χ2v) is 5.25. The predicted molar refractivity (Wildman–Crippen MR) is 90.6 cm³/mol. The van der Waals surface area contributed by atoms with E-state index < -0.39 is 0 Å². The molecule has 1 heterocycles. The van der Waals surface area contributed by atoms with Crippen LogP contribution in [0.4, 0.5) is 5.82 Å². The Labute approximate surface area is 134 Å². The second-order valence-electron chi connectivity index (χ2n) is 5.25. The minimum atomic E-state index is -0.147. The lowest BCUT2D eigenvalue weighted by Gasteiger charge is -2.09. The largest absolute Gasteiger partial charge is 0.382 e. The summed E-state index contributed by atoms with van der Waals surface area (Å²) >= 11 is 0. The minimum absolute atomic E-state index is 0.147. The summed E-state index contributed by atoms with van der Waals surface area (Å²) in [5, 5.41) is 0. The fourth-order valence-corrected chi connectivity index (χ4v) is 2.50. The number of anilines is 1. The van der Waals surface area contributed by atoms with Crippen LogP contribution < -0.4 is 11.5 Å². The highest BCUT2D eigenvalue weighted by Crippen LogP contribution is 2.20. The van der Waals surface area contributed by atoms with Crippen LogP contribution in [0.5, 0.6) is 0 Å². The maximum Gasteiger partial charge on any atom is 0.213 e. The van der Waals surface area contributed by atoms with Crippen molar-refractivity contribution in [3.05, 3.63) is 77.7 Å². The highest BCUT2D eigenvalue weighted by Gasteiger charge is 2.19. The van der Waals surface area contributed by atoms with Crippen LogP contribution in [0.1, 0.15) is 21.6 Å². The lowest BCUT2D eigenvalue weighted by Crippen LogP contribution is -2.11. The zero-order valence-corrected chi connectivity index (χ0v) is 12.6. The molecule has 3 rings (SSSR count). The molecule has 3 aromatic rings. The summed E-state index contributed by atoms with van der Waals surface area (Å²) in [6, 6.07) is 16.9. The number of carbonyl (C=O) groups is 1. The fourth-order valence-electron chi connectivity index (χ4n) is 2.50. The average molecular weight is 306 g/mol. The molecule has 0 fully saturated rings. The molecule has 23 heavy (non-hydrogen) atoms. The molecule has 4 N–H and O–H groups in total. The van der Waals surface area contributed by atoms with Gasteiger partial charge in [-0.3, -0.25) is 9.36 Å². The first-order chi connectivity index (χ1) is 11.2. The summed E-state index contributed by atoms with van der Waals surface area (Å²) in [5.74, 6) is 0.0801. The van der Waals surface area contributed by atoms with E-state index in [0.29, 0.717) is 17.8 Å². The molecular weight excluding hydrogens is 288 g/mol. The summed E-state index contributed by atoms with van der Waals surface area (Å²) in [7, 11) is 0. The van der Waals surface area contributed by atoms with Crippen LogP contribution in [0, 0.1) is 0 Å². The van der Waals surface area contributed by atoms with Crippen LogP contribution in [0.25, 0.3) is 5.69 Å². The smallest absolute Gasteiger partial charge is 0.213 e. The highest BCUT2D eigenvalue weighted by molar-refractivity contribution is 6.10. The third kappa shape index (κ3) is 3.00. The van der Waals surface area contributed by atoms with Gasteiger partial charge in [-0.05, 0) is 30.7 Å². The Bertz CT molecular complexity index is 807. The van der Waals surface area contributed by atoms with Gasteiger partial charge in [-0.15, -0.1) is 0 Å². The lowest BCUT2D eigenvalue weighted by atomic mass is 10.1. The molecule has 1 aromatic heterocycles. The summed E-state index contributed by atoms with van der Waals surface area (Å²) < 4.78 is 1.72. The van der Waals surface area contributed by atoms with Gasteiger partial charge >= 0.3 is 0 Å². The van der Waals surface area contributed by atoms with Gasteiger partial charge in [0.1, 0.15) is 12.0 Å². The van der Waals surface area contributed by atoms with E-state index in [4.69, 9.17) is 11.5 Å². The van der Waals surface area contributed by atoms with E-state index in [1.807, 2.05) is 42.5 Å². The predicted octanol–water partition coefficient (Wildman–Crippen LogP) is 2.19. The highest BCUT2D eigenvalue weighted by atomic mass is 16.1. The maximum absolute atomic E-state index is 12.7. The fraction of sp³-hybridized carbons (Fsp3) is 0.111. The van der Waals surface area contributed by atoms with Crippen molar-refractivity contribution in [3.63, 3.8) is 0 Å². The number of hydrogen-bond donors (Lipinski definition) is 2. The number of ketones is 1. The number of imidazole rings is 1. The van der Waals surface area contributed by atoms with E-state index in [1.54, 1.807) is 23.0 Å². The Morgan fingerprint density at radius 1 is 1.04 bits per heavy atom. The summed E-state index contributed by atoms with van der Waals surface area (Å²) in [6.07, 6.45) is 2.39. The second kappa shape index (κ2) is 6.46. The first-order valence-corrected chi connectivity index (χ1v) is 7.42. The molecule has 2 aromatic carbocycles. The topological polar surface area (TPSA) is 86.9 Å². The van der Waals surface area contributed by atoms with Crippen LogP contribution in [-0.4, -0.2) is 21.9 Å². The Morgan fingerprint density at radius 2 is 1.74 bits per heavy atom. The third-order valence-electron chi connectivity index (χ3n) is 3.69. The van der Waals surface area contributed by atoms with Gasteiger partial charge in [0.15, 0.2) is 5.82 Å². The van der Waals surface area contributed by atoms with Crippen LogP contribution >= 0.6 is 0 Å². The van der Waals surface area contributed by atoms with Gasteiger partial charge in [-0.1, -0.05) is 42.5 Å². The van der Waals surface area contributed by atoms with E-state index >= 15 is 0 Å². The first kappa shape index (κ1) is 15.0. The van der Waals surface area contributed by atoms with Gasteiger partial charge in [0, 0.05) is 11.3 Å². The molecule has 0 saturated carbocycles. The van der Waals surface area contributed by atoms with Gasteiger partial charge < -0.3 is 11.5 Å². The number of aromatic nitrogens is 2. The van der Waals surface area contributed by atoms with Crippen molar-refractivity contribution >= 4 is 11.6 Å². The molecule has 0 aliphatic carbocycles. The van der Waals surface area contributed by atoms with Gasteiger partial charge in [0.25, 0.3) is 0 Å². The summed E-state index contributed by atoms with van der Waals surface area (Å²) in [5.41, 5.74) is 14.4. The van der Waals surface area contributed by atoms with E-state index in [1.165, 1.54) is 0 Å². The number of carbonyl (C=O) groups excluding carboxylic acids is 1. The van der Waals surface area contributed by atoms with E-state index in [2.05, 4.69) is 4.98 Å². The Morgan fingerprint density at radius 3 is 2.39 bits per heavy atom. The van der Waals surface area contributed by atoms with Crippen molar-refractivity contribution < 1.29 is 4.79 Å². The van der Waals surface area contributed by atoms with Gasteiger partial charge in [-0.2, -0.15) is 0 Å². The van der Waals surface area contributed by atoms with E-state index in [0.717, 1.165) is 17.7 Å². The van der Waals surface area contributed by atoms with Crippen LogP contribution in [0.15, 0.2) is 60.9 Å². The quantitative estimate of drug-likeness (QED) is 0.707. The van der Waals surface area contributed by atoms with Crippen molar-refractivity contribution in [3.8, 4) is 5.69 Å². The first-order valence-electron chi connectivity index (χ1n) is 7.42. The third-order valence-corrected chi connectivity index (χ3v) is 3.69. The minimum Gasteiger partial charge on any atom is -0.382 e. The van der Waals surface area contributed by atoms with Crippen molar-refractivity contribution in [2.45, 2.75) is 6.42 Å². The standard InChI is InChI=1S/C18H18N4O/c19-11-10-13-6-8-15(9-7-13)22-12-21-18(20)16(22)17(23)14-4-2-1-3-5-14/h1-9,12H,10-11,19-20H2. The summed E-state index contributed by atoms with van der Waals surface area (Å²) in [6.45, 7) is 0.606. The molecule has 0 bridgehead atoms. The summed E-state index contributed by atoms with van der Waals surface area (Å²) in [4.78, 5) is 16.8. The van der Waals surface area contributed by atoms with Crippen molar-refractivity contribution in [1.29, 1.82) is 0 Å². The van der Waals surface area contributed by atoms with Crippen molar-refractivity contribution in [2.75, 3.05) is 12.3 Å². The average Bonchev–Trinajstić information content (AvgIpc) is 2.97. The van der Waals surface area contributed by atoms with Gasteiger partial charge in [-0.25, -0.2) is 4.98 Å². The molecule has 0 spiro atoms. The number of nitrogens with two attached hydrogens (primary N) is 2. The molecule has 0 amide bonds. The van der Waals surface area contributed by atoms with Crippen LogP contribution in [0.3, 0.4) is 0 Å². The molecule has 0 aliphatic rings. The van der Waals surface area contributed by atoms with Crippen LogP contribution in [-0.2, 0) is 6.42 Å². The zero-order chi connectivity index (χ0) is 16.2.